The summed E-state index contributed by atoms with van der Waals surface area (Å²) < 4.78 is 6.51. The van der Waals surface area contributed by atoms with Gasteiger partial charge in [0.25, 0.3) is 5.91 Å². The maximum atomic E-state index is 12.8. The molecule has 0 unspecified atom stereocenters. The average Bonchev–Trinajstić information content (AvgIpc) is 2.80. The predicted octanol–water partition coefficient (Wildman–Crippen LogP) is 6.89. The number of hydrogen-bond acceptors (Lipinski definition) is 4. The van der Waals surface area contributed by atoms with Gasteiger partial charge in [-0.2, -0.15) is 5.10 Å². The van der Waals surface area contributed by atoms with Gasteiger partial charge in [-0.3, -0.25) is 4.79 Å². The maximum absolute atomic E-state index is 12.8. The maximum Gasteiger partial charge on any atom is 0.345 e. The zero-order chi connectivity index (χ0) is 23.4. The number of nitrogens with one attached hydrogen (secondary N) is 1. The number of hydrazone groups is 1. The first-order valence-electron chi connectivity index (χ1n) is 9.70. The molecule has 0 aliphatic heterocycles. The van der Waals surface area contributed by atoms with Gasteiger partial charge >= 0.3 is 5.97 Å². The fourth-order valence-corrected chi connectivity index (χ4v) is 3.88. The van der Waals surface area contributed by atoms with Crippen molar-refractivity contribution in [2.75, 3.05) is 0 Å². The van der Waals surface area contributed by atoms with Gasteiger partial charge in [-0.1, -0.05) is 69.5 Å². The van der Waals surface area contributed by atoms with E-state index in [1.54, 1.807) is 36.4 Å². The Labute approximate surface area is 208 Å². The van der Waals surface area contributed by atoms with Gasteiger partial charge < -0.3 is 4.74 Å². The predicted molar refractivity (Wildman–Crippen MR) is 135 cm³/mol. The Morgan fingerprint density at radius 3 is 2.45 bits per heavy atom. The number of nitrogens with zero attached hydrogens (tertiary/aromatic N) is 1. The molecule has 0 spiro atoms. The van der Waals surface area contributed by atoms with E-state index in [9.17, 15) is 9.59 Å². The molecular weight excluding hydrogens is 527 g/mol. The standard InChI is InChI=1S/C25H15BrCl2N2O3/c26-17-8-5-16(6-9-17)24(31)30-29-14-21-19-4-2-1-3-15(19)7-12-23(21)33-25(32)20-11-10-18(27)13-22(20)28/h1-14H,(H,30,31). The van der Waals surface area contributed by atoms with Crippen molar-refractivity contribution in [3.05, 3.63) is 110 Å². The van der Waals surface area contributed by atoms with E-state index in [2.05, 4.69) is 26.5 Å². The molecule has 33 heavy (non-hydrogen) atoms. The summed E-state index contributed by atoms with van der Waals surface area (Å²) in [6, 6.07) is 22.5. The van der Waals surface area contributed by atoms with Crippen molar-refractivity contribution < 1.29 is 14.3 Å². The van der Waals surface area contributed by atoms with Crippen molar-refractivity contribution in [3.8, 4) is 5.75 Å². The van der Waals surface area contributed by atoms with Crippen molar-refractivity contribution >= 4 is 68.0 Å². The summed E-state index contributed by atoms with van der Waals surface area (Å²) in [5.74, 6) is -0.739. The van der Waals surface area contributed by atoms with Crippen molar-refractivity contribution in [1.29, 1.82) is 0 Å². The summed E-state index contributed by atoms with van der Waals surface area (Å²) in [6.07, 6.45) is 1.45. The minimum Gasteiger partial charge on any atom is -0.422 e. The number of ether oxygens (including phenoxy) is 1. The quantitative estimate of drug-likeness (QED) is 0.129. The Morgan fingerprint density at radius 2 is 1.70 bits per heavy atom. The molecule has 0 radical (unpaired) electrons. The lowest BCUT2D eigenvalue weighted by molar-refractivity contribution is 0.0734. The number of fused-ring (bicyclic) bond motifs is 1. The minimum atomic E-state index is -0.638. The minimum absolute atomic E-state index is 0.181. The lowest BCUT2D eigenvalue weighted by atomic mass is 10.0. The molecule has 0 aliphatic rings. The topological polar surface area (TPSA) is 67.8 Å². The van der Waals surface area contributed by atoms with E-state index >= 15 is 0 Å². The molecule has 1 amide bonds. The Balaban J connectivity index is 1.63. The number of amides is 1. The van der Waals surface area contributed by atoms with Gasteiger partial charge in [0.15, 0.2) is 0 Å². The summed E-state index contributed by atoms with van der Waals surface area (Å²) in [5, 5.41) is 6.40. The molecule has 4 rings (SSSR count). The third kappa shape index (κ3) is 5.42. The molecule has 0 fully saturated rings. The van der Waals surface area contributed by atoms with Crippen molar-refractivity contribution in [3.63, 3.8) is 0 Å². The van der Waals surface area contributed by atoms with E-state index in [4.69, 9.17) is 27.9 Å². The van der Waals surface area contributed by atoms with Crippen molar-refractivity contribution in [2.24, 2.45) is 5.10 Å². The molecule has 1 N–H and O–H groups in total. The fourth-order valence-electron chi connectivity index (χ4n) is 3.13. The first-order valence-corrected chi connectivity index (χ1v) is 11.3. The molecule has 8 heteroatoms. The van der Waals surface area contributed by atoms with Crippen LogP contribution in [0.15, 0.2) is 88.4 Å². The molecule has 0 heterocycles. The molecule has 0 aliphatic carbocycles. The zero-order valence-electron chi connectivity index (χ0n) is 16.9. The van der Waals surface area contributed by atoms with Crippen LogP contribution in [-0.4, -0.2) is 18.1 Å². The summed E-state index contributed by atoms with van der Waals surface area (Å²) in [4.78, 5) is 25.1. The first-order chi connectivity index (χ1) is 15.9. The lowest BCUT2D eigenvalue weighted by Crippen LogP contribution is -2.17. The molecule has 164 valence electrons. The van der Waals surface area contributed by atoms with Crippen LogP contribution >= 0.6 is 39.1 Å². The van der Waals surface area contributed by atoms with E-state index in [-0.39, 0.29) is 22.2 Å². The third-order valence-electron chi connectivity index (χ3n) is 4.75. The van der Waals surface area contributed by atoms with Gasteiger partial charge in [0.1, 0.15) is 5.75 Å². The smallest absolute Gasteiger partial charge is 0.345 e. The van der Waals surface area contributed by atoms with Crippen molar-refractivity contribution in [1.82, 2.24) is 5.43 Å². The second-order valence-corrected chi connectivity index (χ2v) is 8.68. The van der Waals surface area contributed by atoms with Gasteiger partial charge in [0.05, 0.1) is 16.8 Å². The van der Waals surface area contributed by atoms with Gasteiger partial charge in [-0.25, -0.2) is 10.2 Å². The molecule has 0 saturated carbocycles. The SMILES string of the molecule is O=C(NN=Cc1c(OC(=O)c2ccc(Cl)cc2Cl)ccc2ccccc12)c1ccc(Br)cc1. The second-order valence-electron chi connectivity index (χ2n) is 6.92. The third-order valence-corrected chi connectivity index (χ3v) is 5.83. The Kier molecular flexibility index (Phi) is 7.08. The fraction of sp³-hybridized carbons (Fsp3) is 0. The highest BCUT2D eigenvalue weighted by Gasteiger charge is 2.16. The van der Waals surface area contributed by atoms with Crippen LogP contribution in [0, 0.1) is 0 Å². The molecule has 4 aromatic rings. The Bertz CT molecular complexity index is 1390. The highest BCUT2D eigenvalue weighted by Crippen LogP contribution is 2.29. The Hall–Kier alpha value is -3.19. The van der Waals surface area contributed by atoms with Gasteiger partial charge in [-0.05, 0) is 59.3 Å². The highest BCUT2D eigenvalue weighted by molar-refractivity contribution is 9.10. The average molecular weight is 542 g/mol. The van der Waals surface area contributed by atoms with E-state index in [1.807, 2.05) is 30.3 Å². The molecule has 0 bridgehead atoms. The van der Waals surface area contributed by atoms with E-state index in [0.29, 0.717) is 16.1 Å². The summed E-state index contributed by atoms with van der Waals surface area (Å²) in [5.41, 5.74) is 3.67. The van der Waals surface area contributed by atoms with Crippen LogP contribution in [0.25, 0.3) is 10.8 Å². The van der Waals surface area contributed by atoms with Crippen LogP contribution in [-0.2, 0) is 0 Å². The number of hydrogen-bond donors (Lipinski definition) is 1. The van der Waals surface area contributed by atoms with E-state index in [0.717, 1.165) is 15.2 Å². The normalized spacial score (nSPS) is 11.0. The highest BCUT2D eigenvalue weighted by atomic mass is 79.9. The number of benzene rings is 4. The van der Waals surface area contributed by atoms with Crippen LogP contribution in [0.3, 0.4) is 0 Å². The van der Waals surface area contributed by atoms with Crippen LogP contribution < -0.4 is 10.2 Å². The second kappa shape index (κ2) is 10.2. The number of carbonyl (C=O) groups excluding carboxylic acids is 2. The molecule has 0 atom stereocenters. The number of carbonyl (C=O) groups is 2. The molecular formula is C25H15BrCl2N2O3. The molecule has 4 aromatic carbocycles. The van der Waals surface area contributed by atoms with Crippen LogP contribution in [0.2, 0.25) is 10.0 Å². The molecule has 0 aromatic heterocycles. The van der Waals surface area contributed by atoms with E-state index < -0.39 is 5.97 Å². The lowest BCUT2D eigenvalue weighted by Gasteiger charge is -2.11. The van der Waals surface area contributed by atoms with Gasteiger partial charge in [-0.15, -0.1) is 0 Å². The van der Waals surface area contributed by atoms with Crippen LogP contribution in [0.1, 0.15) is 26.3 Å². The Morgan fingerprint density at radius 1 is 0.939 bits per heavy atom. The first kappa shape index (κ1) is 23.0. The largest absolute Gasteiger partial charge is 0.422 e. The van der Waals surface area contributed by atoms with Gasteiger partial charge in [0, 0.05) is 20.6 Å². The summed E-state index contributed by atoms with van der Waals surface area (Å²) in [7, 11) is 0. The van der Waals surface area contributed by atoms with Gasteiger partial charge in [0.2, 0.25) is 0 Å². The van der Waals surface area contributed by atoms with Crippen LogP contribution in [0.4, 0.5) is 0 Å². The number of esters is 1. The number of rotatable bonds is 5. The molecule has 0 saturated heterocycles. The summed E-state index contributed by atoms with van der Waals surface area (Å²) in [6.45, 7) is 0. The monoisotopic (exact) mass is 540 g/mol. The van der Waals surface area contributed by atoms with Crippen molar-refractivity contribution in [2.45, 2.75) is 0 Å². The summed E-state index contributed by atoms with van der Waals surface area (Å²) >= 11 is 15.4. The van der Waals surface area contributed by atoms with Crippen LogP contribution in [0.5, 0.6) is 5.75 Å². The van der Waals surface area contributed by atoms with E-state index in [1.165, 1.54) is 18.3 Å². The molecule has 5 nitrogen and oxygen atoms in total. The number of halogens is 3. The zero-order valence-corrected chi connectivity index (χ0v) is 20.0.